The molecular weight excluding hydrogens is 426 g/mol. The number of nitrogens with one attached hydrogen (secondary N) is 2. The molecule has 1 amide bonds. The number of hydrazine groups is 1. The summed E-state index contributed by atoms with van der Waals surface area (Å²) in [5.41, 5.74) is 7.57. The lowest BCUT2D eigenvalue weighted by molar-refractivity contribution is -0.122. The van der Waals surface area contributed by atoms with Crippen molar-refractivity contribution in [3.05, 3.63) is 54.1 Å². The summed E-state index contributed by atoms with van der Waals surface area (Å²) in [4.78, 5) is 16.3. The number of aliphatic imine (C=N–C) groups is 1. The smallest absolute Gasteiger partial charge is 0.274 e. The zero-order chi connectivity index (χ0) is 22.3. The molecule has 3 aromatic rings. The number of benzene rings is 2. The van der Waals surface area contributed by atoms with Gasteiger partial charge < -0.3 is 4.74 Å². The lowest BCUT2D eigenvalue weighted by atomic mass is 9.98. The van der Waals surface area contributed by atoms with E-state index in [2.05, 4.69) is 62.2 Å². The Hall–Kier alpha value is -3.08. The number of ether oxygens (including phenoxy) is 1. The molecule has 0 radical (unpaired) electrons. The lowest BCUT2D eigenvalue weighted by Crippen LogP contribution is -2.37. The Morgan fingerprint density at radius 2 is 1.94 bits per heavy atom. The Morgan fingerprint density at radius 1 is 1.16 bits per heavy atom. The van der Waals surface area contributed by atoms with Crippen molar-refractivity contribution >= 4 is 22.8 Å². The maximum atomic E-state index is 12.1. The fraction of sp³-hybridized carbons (Fsp3) is 0.318. The predicted molar refractivity (Wildman–Crippen MR) is 124 cm³/mol. The maximum Gasteiger partial charge on any atom is 0.274 e. The number of aromatic nitrogens is 4. The molecular formula is C22H25N7O2S. The van der Waals surface area contributed by atoms with E-state index in [1.807, 2.05) is 36.2 Å². The number of hydrogen-bond donors (Lipinski definition) is 2. The number of amidine groups is 1. The summed E-state index contributed by atoms with van der Waals surface area (Å²) in [6.07, 6.45) is 0.923. The third kappa shape index (κ3) is 5.21. The molecule has 2 N–H and O–H groups in total. The minimum Gasteiger partial charge on any atom is -0.372 e. The van der Waals surface area contributed by atoms with Crippen molar-refractivity contribution in [2.24, 2.45) is 4.99 Å². The van der Waals surface area contributed by atoms with Crippen LogP contribution in [0.3, 0.4) is 0 Å². The number of carbonyl (C=O) groups is 1. The lowest BCUT2D eigenvalue weighted by Gasteiger charge is -2.19. The van der Waals surface area contributed by atoms with Crippen LogP contribution in [0.25, 0.3) is 22.5 Å². The van der Waals surface area contributed by atoms with Crippen LogP contribution in [-0.2, 0) is 16.1 Å². The van der Waals surface area contributed by atoms with Gasteiger partial charge in [-0.15, -0.1) is 5.10 Å². The van der Waals surface area contributed by atoms with Crippen LogP contribution in [0.15, 0.2) is 53.5 Å². The van der Waals surface area contributed by atoms with Crippen molar-refractivity contribution < 1.29 is 9.53 Å². The number of tetrazole rings is 1. The highest BCUT2D eigenvalue weighted by Gasteiger charge is 2.28. The molecule has 1 aliphatic heterocycles. The van der Waals surface area contributed by atoms with Crippen LogP contribution < -0.4 is 5.43 Å². The maximum absolute atomic E-state index is 12.1. The fourth-order valence-electron chi connectivity index (χ4n) is 3.34. The fourth-order valence-corrected chi connectivity index (χ4v) is 4.34. The number of thioether (sulfide) groups is 1. The third-order valence-electron chi connectivity index (χ3n) is 4.93. The normalized spacial score (nSPS) is 17.2. The van der Waals surface area contributed by atoms with Gasteiger partial charge in [-0.1, -0.05) is 67.2 Å². The number of hydrogen-bond acceptors (Lipinski definition) is 7. The van der Waals surface area contributed by atoms with Crippen molar-refractivity contribution in [1.29, 1.82) is 0 Å². The minimum absolute atomic E-state index is 0.00000635. The van der Waals surface area contributed by atoms with Gasteiger partial charge in [0.25, 0.3) is 5.91 Å². The van der Waals surface area contributed by atoms with Gasteiger partial charge in [-0.3, -0.25) is 9.80 Å². The second kappa shape index (κ2) is 10.5. The highest BCUT2D eigenvalue weighted by molar-refractivity contribution is 8.14. The van der Waals surface area contributed by atoms with Crippen molar-refractivity contribution in [1.82, 2.24) is 31.1 Å². The largest absolute Gasteiger partial charge is 0.372 e. The van der Waals surface area contributed by atoms with Gasteiger partial charge in [0, 0.05) is 12.2 Å². The minimum atomic E-state index is -0.272. The molecule has 0 aliphatic carbocycles. The summed E-state index contributed by atoms with van der Waals surface area (Å²) in [5, 5.41) is 17.0. The Morgan fingerprint density at radius 3 is 2.62 bits per heavy atom. The van der Waals surface area contributed by atoms with Gasteiger partial charge in [0.2, 0.25) is 0 Å². The summed E-state index contributed by atoms with van der Waals surface area (Å²) < 4.78 is 5.18. The molecule has 1 fully saturated rings. The van der Waals surface area contributed by atoms with Gasteiger partial charge in [0.15, 0.2) is 11.0 Å². The molecule has 1 saturated heterocycles. The van der Waals surface area contributed by atoms with Crippen LogP contribution in [-0.4, -0.2) is 55.3 Å². The average molecular weight is 452 g/mol. The van der Waals surface area contributed by atoms with Gasteiger partial charge in [-0.25, -0.2) is 10.5 Å². The summed E-state index contributed by atoms with van der Waals surface area (Å²) in [6, 6.07) is 16.3. The Bertz CT molecular complexity index is 1070. The molecule has 2 heterocycles. The predicted octanol–water partition coefficient (Wildman–Crippen LogP) is 3.24. The monoisotopic (exact) mass is 451 g/mol. The van der Waals surface area contributed by atoms with Gasteiger partial charge in [0.05, 0.1) is 11.9 Å². The van der Waals surface area contributed by atoms with Crippen LogP contribution >= 0.6 is 11.8 Å². The summed E-state index contributed by atoms with van der Waals surface area (Å²) in [5.74, 6) is 0.359. The number of rotatable bonds is 8. The Labute approximate surface area is 190 Å². The molecule has 32 heavy (non-hydrogen) atoms. The van der Waals surface area contributed by atoms with E-state index in [-0.39, 0.29) is 17.9 Å². The van der Waals surface area contributed by atoms with E-state index >= 15 is 0 Å². The first-order valence-electron chi connectivity index (χ1n) is 10.5. The van der Waals surface area contributed by atoms with Crippen LogP contribution in [0.4, 0.5) is 0 Å². The van der Waals surface area contributed by atoms with E-state index in [1.54, 1.807) is 11.8 Å². The van der Waals surface area contributed by atoms with Gasteiger partial charge in [-0.2, -0.15) is 4.99 Å². The number of nitrogens with zero attached hydrogens (tertiary/aromatic N) is 5. The van der Waals surface area contributed by atoms with E-state index in [0.717, 1.165) is 28.7 Å². The molecule has 166 valence electrons. The van der Waals surface area contributed by atoms with Crippen molar-refractivity contribution in [2.75, 3.05) is 13.2 Å². The summed E-state index contributed by atoms with van der Waals surface area (Å²) >= 11 is 1.57. The Kier molecular flexibility index (Phi) is 7.25. The third-order valence-corrected chi connectivity index (χ3v) is 6.18. The SMILES string of the molecule is CCOCC(=O)N=C1SC(CC)NN1Cc1ccc(-c2ccccc2-c2nnn[nH]2)cc1. The molecule has 0 saturated carbocycles. The van der Waals surface area contributed by atoms with Crippen LogP contribution in [0.1, 0.15) is 25.8 Å². The first kappa shape index (κ1) is 22.1. The zero-order valence-electron chi connectivity index (χ0n) is 18.0. The number of amides is 1. The molecule has 0 spiro atoms. The second-order valence-corrected chi connectivity index (χ2v) is 8.32. The molecule has 4 rings (SSSR count). The first-order valence-corrected chi connectivity index (χ1v) is 11.4. The number of carbonyl (C=O) groups excluding carboxylic acids is 1. The van der Waals surface area contributed by atoms with E-state index in [0.29, 0.717) is 24.1 Å². The summed E-state index contributed by atoms with van der Waals surface area (Å²) in [7, 11) is 0. The number of aromatic amines is 1. The van der Waals surface area contributed by atoms with Gasteiger partial charge in [-0.05, 0) is 40.5 Å². The summed E-state index contributed by atoms with van der Waals surface area (Å²) in [6.45, 7) is 5.05. The van der Waals surface area contributed by atoms with Crippen LogP contribution in [0.2, 0.25) is 0 Å². The zero-order valence-corrected chi connectivity index (χ0v) is 18.8. The van der Waals surface area contributed by atoms with Crippen molar-refractivity contribution in [3.63, 3.8) is 0 Å². The van der Waals surface area contributed by atoms with Gasteiger partial charge >= 0.3 is 0 Å². The number of H-pyrrole nitrogens is 1. The molecule has 0 bridgehead atoms. The molecule has 1 unspecified atom stereocenters. The van der Waals surface area contributed by atoms with Crippen molar-refractivity contribution in [2.45, 2.75) is 32.2 Å². The standard InChI is InChI=1S/C22H25N7O2S/c1-3-20-26-29(22(32-20)23-19(30)14-31-4-2)13-15-9-11-16(12-10-15)17-7-5-6-8-18(17)21-24-27-28-25-21/h5-12,20,26H,3-4,13-14H2,1-2H3,(H,24,25,27,28). The van der Waals surface area contributed by atoms with Crippen LogP contribution in [0.5, 0.6) is 0 Å². The molecule has 1 aromatic heterocycles. The highest BCUT2D eigenvalue weighted by atomic mass is 32.2. The second-order valence-electron chi connectivity index (χ2n) is 7.15. The van der Waals surface area contributed by atoms with Crippen LogP contribution in [0, 0.1) is 0 Å². The molecule has 2 aromatic carbocycles. The quantitative estimate of drug-likeness (QED) is 0.537. The topological polar surface area (TPSA) is 108 Å². The van der Waals surface area contributed by atoms with E-state index in [9.17, 15) is 4.79 Å². The van der Waals surface area contributed by atoms with E-state index in [4.69, 9.17) is 4.74 Å². The first-order chi connectivity index (χ1) is 15.7. The highest BCUT2D eigenvalue weighted by Crippen LogP contribution is 2.30. The van der Waals surface area contributed by atoms with E-state index < -0.39 is 0 Å². The molecule has 9 nitrogen and oxygen atoms in total. The van der Waals surface area contributed by atoms with Gasteiger partial charge in [0.1, 0.15) is 6.61 Å². The van der Waals surface area contributed by atoms with E-state index in [1.165, 1.54) is 0 Å². The average Bonchev–Trinajstić information content (AvgIpc) is 3.49. The Balaban J connectivity index is 1.51. The molecule has 10 heteroatoms. The van der Waals surface area contributed by atoms with Crippen molar-refractivity contribution in [3.8, 4) is 22.5 Å². The molecule has 1 atom stereocenters. The molecule has 1 aliphatic rings.